The summed E-state index contributed by atoms with van der Waals surface area (Å²) in [5, 5.41) is 11.9. The van der Waals surface area contributed by atoms with E-state index in [4.69, 9.17) is 4.74 Å². The van der Waals surface area contributed by atoms with Crippen LogP contribution in [0.4, 0.5) is 5.69 Å². The Balaban J connectivity index is 1.53. The zero-order chi connectivity index (χ0) is 21.3. The minimum Gasteiger partial charge on any atom is -0.462 e. The van der Waals surface area contributed by atoms with Gasteiger partial charge in [0.2, 0.25) is 5.91 Å². The van der Waals surface area contributed by atoms with Gasteiger partial charge in [0.1, 0.15) is 5.82 Å². The highest BCUT2D eigenvalue weighted by Gasteiger charge is 2.12. The van der Waals surface area contributed by atoms with Gasteiger partial charge in [0, 0.05) is 12.2 Å². The molecule has 0 saturated carbocycles. The number of esters is 1. The minimum absolute atomic E-state index is 0.154. The van der Waals surface area contributed by atoms with Gasteiger partial charge < -0.3 is 14.6 Å². The second-order valence-electron chi connectivity index (χ2n) is 6.55. The van der Waals surface area contributed by atoms with E-state index in [0.717, 1.165) is 23.9 Å². The summed E-state index contributed by atoms with van der Waals surface area (Å²) in [5.74, 6) is 0.502. The fraction of sp³-hybridized carbons (Fsp3) is 0.273. The van der Waals surface area contributed by atoms with Gasteiger partial charge in [0.25, 0.3) is 0 Å². The molecule has 0 fully saturated rings. The molecule has 0 spiro atoms. The smallest absolute Gasteiger partial charge is 0.338 e. The van der Waals surface area contributed by atoms with E-state index in [1.165, 1.54) is 17.3 Å². The molecule has 0 radical (unpaired) electrons. The van der Waals surface area contributed by atoms with Gasteiger partial charge in [0.05, 0.1) is 17.9 Å². The third-order valence-corrected chi connectivity index (χ3v) is 5.35. The summed E-state index contributed by atoms with van der Waals surface area (Å²) < 4.78 is 6.98. The zero-order valence-corrected chi connectivity index (χ0v) is 17.8. The van der Waals surface area contributed by atoms with Crippen LogP contribution in [0.2, 0.25) is 0 Å². The number of aryl methyl sites for hydroxylation is 2. The van der Waals surface area contributed by atoms with E-state index in [2.05, 4.69) is 27.6 Å². The number of benzene rings is 2. The van der Waals surface area contributed by atoms with Crippen LogP contribution in [0.15, 0.2) is 59.8 Å². The van der Waals surface area contributed by atoms with Crippen LogP contribution in [0, 0.1) is 6.92 Å². The maximum Gasteiger partial charge on any atom is 0.338 e. The van der Waals surface area contributed by atoms with Crippen molar-refractivity contribution in [2.75, 3.05) is 17.7 Å². The number of anilines is 1. The quantitative estimate of drug-likeness (QED) is 0.416. The zero-order valence-electron chi connectivity index (χ0n) is 17.0. The lowest BCUT2D eigenvalue weighted by Crippen LogP contribution is -2.15. The van der Waals surface area contributed by atoms with Gasteiger partial charge in [-0.25, -0.2) is 4.79 Å². The lowest BCUT2D eigenvalue weighted by atomic mass is 10.1. The van der Waals surface area contributed by atoms with E-state index < -0.39 is 0 Å². The first-order chi connectivity index (χ1) is 14.6. The number of carbonyl (C=O) groups is 2. The van der Waals surface area contributed by atoms with Gasteiger partial charge in [0.15, 0.2) is 5.16 Å². The number of carbonyl (C=O) groups excluding carboxylic acids is 2. The molecule has 8 heteroatoms. The fourth-order valence-electron chi connectivity index (χ4n) is 2.84. The maximum atomic E-state index is 12.3. The standard InChI is InChI=1S/C22H24N4O3S/c1-3-29-21(28)18-9-11-19(12-10-18)23-20(27)15-30-22-25-24-16(2)26(22)14-13-17-7-5-4-6-8-17/h4-12H,3,13-15H2,1-2H3,(H,23,27). The number of hydrogen-bond acceptors (Lipinski definition) is 6. The van der Waals surface area contributed by atoms with Crippen LogP contribution >= 0.6 is 11.8 Å². The molecule has 1 heterocycles. The van der Waals surface area contributed by atoms with Crippen LogP contribution in [-0.4, -0.2) is 39.0 Å². The van der Waals surface area contributed by atoms with Crippen LogP contribution < -0.4 is 5.32 Å². The number of hydrogen-bond donors (Lipinski definition) is 1. The Morgan fingerprint density at radius 2 is 1.80 bits per heavy atom. The van der Waals surface area contributed by atoms with Crippen molar-refractivity contribution >= 4 is 29.3 Å². The Kier molecular flexibility index (Phi) is 7.62. The molecule has 2 aromatic carbocycles. The monoisotopic (exact) mass is 424 g/mol. The molecule has 0 atom stereocenters. The lowest BCUT2D eigenvalue weighted by molar-refractivity contribution is -0.113. The van der Waals surface area contributed by atoms with Gasteiger partial charge in [-0.05, 0) is 50.1 Å². The molecule has 0 aliphatic heterocycles. The van der Waals surface area contributed by atoms with Crippen LogP contribution in [0.25, 0.3) is 0 Å². The topological polar surface area (TPSA) is 86.1 Å². The van der Waals surface area contributed by atoms with E-state index in [-0.39, 0.29) is 17.6 Å². The van der Waals surface area contributed by atoms with Crippen LogP contribution in [0.5, 0.6) is 0 Å². The van der Waals surface area contributed by atoms with Crippen LogP contribution in [-0.2, 0) is 22.5 Å². The molecular weight excluding hydrogens is 400 g/mol. The van der Waals surface area contributed by atoms with E-state index in [1.54, 1.807) is 31.2 Å². The Hall–Kier alpha value is -3.13. The SMILES string of the molecule is CCOC(=O)c1ccc(NC(=O)CSc2nnc(C)n2CCc2ccccc2)cc1. The Labute approximate surface area is 179 Å². The number of aromatic nitrogens is 3. The number of thioether (sulfide) groups is 1. The summed E-state index contributed by atoms with van der Waals surface area (Å²) in [4.78, 5) is 24.0. The maximum absolute atomic E-state index is 12.3. The van der Waals surface area contributed by atoms with Gasteiger partial charge in [-0.1, -0.05) is 42.1 Å². The van der Waals surface area contributed by atoms with E-state index >= 15 is 0 Å². The first kappa shape index (κ1) is 21.6. The molecule has 0 aliphatic rings. The number of nitrogens with one attached hydrogen (secondary N) is 1. The molecule has 0 unspecified atom stereocenters. The van der Waals surface area contributed by atoms with Crippen molar-refractivity contribution in [3.05, 3.63) is 71.5 Å². The molecule has 156 valence electrons. The molecule has 1 N–H and O–H groups in total. The second kappa shape index (κ2) is 10.6. The molecular formula is C22H24N4O3S. The largest absolute Gasteiger partial charge is 0.462 e. The van der Waals surface area contributed by atoms with Gasteiger partial charge in [-0.2, -0.15) is 0 Å². The van der Waals surface area contributed by atoms with E-state index in [1.807, 2.05) is 29.7 Å². The number of amides is 1. The average Bonchev–Trinajstić information content (AvgIpc) is 3.11. The molecule has 1 amide bonds. The summed E-state index contributed by atoms with van der Waals surface area (Å²) in [7, 11) is 0. The number of ether oxygens (including phenoxy) is 1. The summed E-state index contributed by atoms with van der Waals surface area (Å²) in [5.41, 5.74) is 2.31. The number of nitrogens with zero attached hydrogens (tertiary/aromatic N) is 3. The van der Waals surface area contributed by atoms with Crippen molar-refractivity contribution in [1.82, 2.24) is 14.8 Å². The highest BCUT2D eigenvalue weighted by molar-refractivity contribution is 7.99. The van der Waals surface area contributed by atoms with Gasteiger partial charge >= 0.3 is 5.97 Å². The van der Waals surface area contributed by atoms with Crippen molar-refractivity contribution in [2.45, 2.75) is 32.0 Å². The normalized spacial score (nSPS) is 10.6. The lowest BCUT2D eigenvalue weighted by Gasteiger charge is -2.09. The molecule has 3 rings (SSSR count). The average molecular weight is 425 g/mol. The second-order valence-corrected chi connectivity index (χ2v) is 7.49. The van der Waals surface area contributed by atoms with Crippen molar-refractivity contribution < 1.29 is 14.3 Å². The van der Waals surface area contributed by atoms with Crippen molar-refractivity contribution in [3.63, 3.8) is 0 Å². The summed E-state index contributed by atoms with van der Waals surface area (Å²) in [6.45, 7) is 4.74. The van der Waals surface area contributed by atoms with Crippen LogP contribution in [0.1, 0.15) is 28.7 Å². The first-order valence-electron chi connectivity index (χ1n) is 9.70. The molecule has 3 aromatic rings. The Bertz CT molecular complexity index is 987. The summed E-state index contributed by atoms with van der Waals surface area (Å²) in [6.07, 6.45) is 0.867. The summed E-state index contributed by atoms with van der Waals surface area (Å²) in [6, 6.07) is 16.8. The van der Waals surface area contributed by atoms with Gasteiger partial charge in [-0.3, -0.25) is 4.79 Å². The van der Waals surface area contributed by atoms with Gasteiger partial charge in [-0.15, -0.1) is 10.2 Å². The number of rotatable bonds is 9. The Morgan fingerprint density at radius 3 is 2.50 bits per heavy atom. The third kappa shape index (κ3) is 5.93. The third-order valence-electron chi connectivity index (χ3n) is 4.38. The molecule has 7 nitrogen and oxygen atoms in total. The molecule has 1 aromatic heterocycles. The minimum atomic E-state index is -0.379. The van der Waals surface area contributed by atoms with Crippen molar-refractivity contribution in [2.24, 2.45) is 0 Å². The molecule has 0 aliphatic carbocycles. The fourth-order valence-corrected chi connectivity index (χ4v) is 3.65. The van der Waals surface area contributed by atoms with Crippen LogP contribution in [0.3, 0.4) is 0 Å². The van der Waals surface area contributed by atoms with E-state index in [9.17, 15) is 9.59 Å². The molecule has 0 bridgehead atoms. The summed E-state index contributed by atoms with van der Waals surface area (Å²) >= 11 is 1.35. The van der Waals surface area contributed by atoms with Crippen molar-refractivity contribution in [3.8, 4) is 0 Å². The van der Waals surface area contributed by atoms with E-state index in [0.29, 0.717) is 17.9 Å². The predicted molar refractivity (Wildman–Crippen MR) is 117 cm³/mol. The molecule has 30 heavy (non-hydrogen) atoms. The molecule has 0 saturated heterocycles. The predicted octanol–water partition coefficient (Wildman–Crippen LogP) is 3.74. The Morgan fingerprint density at radius 1 is 1.07 bits per heavy atom. The highest BCUT2D eigenvalue weighted by Crippen LogP contribution is 2.18. The highest BCUT2D eigenvalue weighted by atomic mass is 32.2. The first-order valence-corrected chi connectivity index (χ1v) is 10.7. The van der Waals surface area contributed by atoms with Crippen molar-refractivity contribution in [1.29, 1.82) is 0 Å².